The third-order valence-electron chi connectivity index (χ3n) is 2.17. The van der Waals surface area contributed by atoms with Crippen molar-refractivity contribution >= 4 is 40.6 Å². The largest absolute Gasteiger partial charge is 0.324 e. The van der Waals surface area contributed by atoms with Crippen LogP contribution in [0.25, 0.3) is 0 Å². The molecular weight excluding hydrogens is 306 g/mol. The van der Waals surface area contributed by atoms with Crippen LogP contribution in [0, 0.1) is 10.1 Å². The molecule has 0 radical (unpaired) electrons. The van der Waals surface area contributed by atoms with E-state index in [9.17, 15) is 14.9 Å². The van der Waals surface area contributed by atoms with E-state index in [0.29, 0.717) is 5.16 Å². The van der Waals surface area contributed by atoms with E-state index >= 15 is 0 Å². The molecule has 2 aromatic rings. The molecule has 1 amide bonds. The van der Waals surface area contributed by atoms with Crippen LogP contribution in [-0.2, 0) is 4.79 Å². The fourth-order valence-electron chi connectivity index (χ4n) is 1.31. The molecule has 0 fully saturated rings. The number of rotatable bonds is 5. The van der Waals surface area contributed by atoms with Gasteiger partial charge >= 0.3 is 0 Å². The number of benzene rings is 1. The molecule has 0 atom stereocenters. The maximum absolute atomic E-state index is 11.7. The molecule has 0 aliphatic rings. The summed E-state index contributed by atoms with van der Waals surface area (Å²) >= 11 is 7.02. The highest BCUT2D eigenvalue weighted by Gasteiger charge is 2.12. The minimum atomic E-state index is -0.560. The Labute approximate surface area is 122 Å². The molecule has 10 heteroatoms. The molecule has 2 N–H and O–H groups in total. The molecule has 0 saturated heterocycles. The maximum atomic E-state index is 11.7. The molecular formula is C10H8ClN5O3S. The standard InChI is InChI=1S/C10H8ClN5O3S/c11-7-2-1-6(16(18)19)3-8(7)14-9(17)4-20-10-12-5-13-15-10/h1-3,5H,4H2,(H,14,17)(H,12,13,15). The summed E-state index contributed by atoms with van der Waals surface area (Å²) in [6.07, 6.45) is 1.33. The number of anilines is 1. The number of nitrogens with one attached hydrogen (secondary N) is 2. The fraction of sp³-hybridized carbons (Fsp3) is 0.100. The van der Waals surface area contributed by atoms with Gasteiger partial charge in [-0.3, -0.25) is 20.0 Å². The smallest absolute Gasteiger partial charge is 0.271 e. The number of aromatic amines is 1. The molecule has 0 aliphatic heterocycles. The second kappa shape index (κ2) is 6.35. The average Bonchev–Trinajstić information content (AvgIpc) is 2.92. The van der Waals surface area contributed by atoms with Crippen LogP contribution >= 0.6 is 23.4 Å². The van der Waals surface area contributed by atoms with Crippen LogP contribution in [0.4, 0.5) is 11.4 Å². The van der Waals surface area contributed by atoms with Gasteiger partial charge < -0.3 is 5.32 Å². The van der Waals surface area contributed by atoms with Crippen LogP contribution in [0.1, 0.15) is 0 Å². The van der Waals surface area contributed by atoms with Gasteiger partial charge in [-0.2, -0.15) is 5.10 Å². The lowest BCUT2D eigenvalue weighted by Crippen LogP contribution is -2.14. The van der Waals surface area contributed by atoms with Crippen molar-refractivity contribution in [3.05, 3.63) is 39.7 Å². The van der Waals surface area contributed by atoms with E-state index in [2.05, 4.69) is 20.5 Å². The van der Waals surface area contributed by atoms with Gasteiger partial charge in [-0.25, -0.2) is 4.98 Å². The summed E-state index contributed by atoms with van der Waals surface area (Å²) in [6, 6.07) is 3.83. The van der Waals surface area contributed by atoms with Crippen molar-refractivity contribution in [3.8, 4) is 0 Å². The first-order chi connectivity index (χ1) is 9.56. The summed E-state index contributed by atoms with van der Waals surface area (Å²) in [7, 11) is 0. The molecule has 0 aliphatic carbocycles. The minimum Gasteiger partial charge on any atom is -0.324 e. The van der Waals surface area contributed by atoms with E-state index < -0.39 is 4.92 Å². The van der Waals surface area contributed by atoms with E-state index in [0.717, 1.165) is 11.8 Å². The van der Waals surface area contributed by atoms with Crippen LogP contribution < -0.4 is 5.32 Å². The summed E-state index contributed by atoms with van der Waals surface area (Å²) in [4.78, 5) is 25.7. The molecule has 1 aromatic heterocycles. The highest BCUT2D eigenvalue weighted by atomic mass is 35.5. The van der Waals surface area contributed by atoms with Gasteiger partial charge in [0.1, 0.15) is 6.33 Å². The summed E-state index contributed by atoms with van der Waals surface area (Å²) < 4.78 is 0. The number of carbonyl (C=O) groups excluding carboxylic acids is 1. The minimum absolute atomic E-state index is 0.0776. The van der Waals surface area contributed by atoms with Crippen LogP contribution in [-0.4, -0.2) is 31.8 Å². The quantitative estimate of drug-likeness (QED) is 0.496. The number of thioether (sulfide) groups is 1. The Bertz CT molecular complexity index is 634. The van der Waals surface area contributed by atoms with Crippen molar-refractivity contribution in [2.45, 2.75) is 5.16 Å². The predicted molar refractivity (Wildman–Crippen MR) is 73.8 cm³/mol. The number of nitro benzene ring substituents is 1. The van der Waals surface area contributed by atoms with Gasteiger partial charge in [0.25, 0.3) is 5.69 Å². The summed E-state index contributed by atoms with van der Waals surface area (Å²) in [5, 5.41) is 20.1. The summed E-state index contributed by atoms with van der Waals surface area (Å²) in [5.41, 5.74) is 0.0524. The molecule has 0 unspecified atom stereocenters. The van der Waals surface area contributed by atoms with Gasteiger partial charge in [-0.05, 0) is 6.07 Å². The fourth-order valence-corrected chi connectivity index (χ4v) is 2.05. The number of non-ortho nitro benzene ring substituents is 1. The number of nitrogens with zero attached hydrogens (tertiary/aromatic N) is 3. The highest BCUT2D eigenvalue weighted by Crippen LogP contribution is 2.26. The van der Waals surface area contributed by atoms with Crippen LogP contribution in [0.3, 0.4) is 0 Å². The number of amides is 1. The van der Waals surface area contributed by atoms with Crippen molar-refractivity contribution in [3.63, 3.8) is 0 Å². The van der Waals surface area contributed by atoms with Gasteiger partial charge in [0.15, 0.2) is 5.16 Å². The van der Waals surface area contributed by atoms with E-state index in [1.54, 1.807) is 0 Å². The zero-order chi connectivity index (χ0) is 14.5. The Morgan fingerprint density at radius 1 is 1.55 bits per heavy atom. The van der Waals surface area contributed by atoms with Crippen LogP contribution in [0.2, 0.25) is 5.02 Å². The molecule has 1 heterocycles. The van der Waals surface area contributed by atoms with Crippen molar-refractivity contribution < 1.29 is 9.72 Å². The van der Waals surface area contributed by atoms with Gasteiger partial charge in [0.05, 0.1) is 21.4 Å². The second-order valence-corrected chi connectivity index (χ2v) is 4.92. The highest BCUT2D eigenvalue weighted by molar-refractivity contribution is 7.99. The van der Waals surface area contributed by atoms with Crippen molar-refractivity contribution in [2.24, 2.45) is 0 Å². The molecule has 0 spiro atoms. The average molecular weight is 314 g/mol. The lowest BCUT2D eigenvalue weighted by Gasteiger charge is -2.06. The molecule has 8 nitrogen and oxygen atoms in total. The van der Waals surface area contributed by atoms with E-state index in [4.69, 9.17) is 11.6 Å². The number of halogens is 1. The Balaban J connectivity index is 2.00. The Hall–Kier alpha value is -2.13. The first-order valence-electron chi connectivity index (χ1n) is 5.28. The molecule has 20 heavy (non-hydrogen) atoms. The van der Waals surface area contributed by atoms with E-state index in [1.807, 2.05) is 0 Å². The third-order valence-corrected chi connectivity index (χ3v) is 3.37. The number of nitro groups is 1. The molecule has 104 valence electrons. The van der Waals surface area contributed by atoms with Gasteiger partial charge in [0, 0.05) is 12.1 Å². The zero-order valence-electron chi connectivity index (χ0n) is 9.87. The summed E-state index contributed by atoms with van der Waals surface area (Å²) in [6.45, 7) is 0. The number of hydrogen-bond acceptors (Lipinski definition) is 6. The topological polar surface area (TPSA) is 114 Å². The molecule has 1 aromatic carbocycles. The first-order valence-corrected chi connectivity index (χ1v) is 6.64. The van der Waals surface area contributed by atoms with E-state index in [-0.39, 0.29) is 28.1 Å². The lowest BCUT2D eigenvalue weighted by molar-refractivity contribution is -0.384. The molecule has 0 saturated carbocycles. The lowest BCUT2D eigenvalue weighted by atomic mass is 10.3. The number of hydrogen-bond donors (Lipinski definition) is 2. The van der Waals surface area contributed by atoms with Crippen LogP contribution in [0.15, 0.2) is 29.7 Å². The van der Waals surface area contributed by atoms with Crippen LogP contribution in [0.5, 0.6) is 0 Å². The van der Waals surface area contributed by atoms with Crippen molar-refractivity contribution in [2.75, 3.05) is 11.1 Å². The van der Waals surface area contributed by atoms with Gasteiger partial charge in [-0.1, -0.05) is 23.4 Å². The Kier molecular flexibility index (Phi) is 4.53. The number of carbonyl (C=O) groups is 1. The van der Waals surface area contributed by atoms with Gasteiger partial charge in [0.2, 0.25) is 5.91 Å². The third kappa shape index (κ3) is 3.68. The Morgan fingerprint density at radius 2 is 2.35 bits per heavy atom. The zero-order valence-corrected chi connectivity index (χ0v) is 11.4. The summed E-state index contributed by atoms with van der Waals surface area (Å²) in [5.74, 6) is -0.275. The van der Waals surface area contributed by atoms with E-state index in [1.165, 1.54) is 24.5 Å². The predicted octanol–water partition coefficient (Wildman–Crippen LogP) is 2.10. The number of aromatic nitrogens is 3. The molecule has 2 rings (SSSR count). The monoisotopic (exact) mass is 313 g/mol. The van der Waals surface area contributed by atoms with Crippen molar-refractivity contribution in [1.82, 2.24) is 15.2 Å². The molecule has 0 bridgehead atoms. The Morgan fingerprint density at radius 3 is 3.00 bits per heavy atom. The second-order valence-electron chi connectivity index (χ2n) is 3.55. The van der Waals surface area contributed by atoms with Crippen molar-refractivity contribution in [1.29, 1.82) is 0 Å². The normalized spacial score (nSPS) is 10.2. The SMILES string of the molecule is O=C(CSc1ncn[nH]1)Nc1cc([N+](=O)[O-])ccc1Cl. The van der Waals surface area contributed by atoms with Gasteiger partial charge in [-0.15, -0.1) is 0 Å². The number of H-pyrrole nitrogens is 1. The first kappa shape index (κ1) is 14.3. The maximum Gasteiger partial charge on any atom is 0.271 e.